The minimum atomic E-state index is -4.56. The van der Waals surface area contributed by atoms with Gasteiger partial charge >= 0.3 is 12.1 Å². The number of esters is 1. The van der Waals surface area contributed by atoms with E-state index < -0.39 is 36.8 Å². The van der Waals surface area contributed by atoms with Crippen LogP contribution in [0, 0.1) is 0 Å². The largest absolute Gasteiger partial charge is 0.451 e. The van der Waals surface area contributed by atoms with Crippen molar-refractivity contribution in [2.75, 3.05) is 13.2 Å². The summed E-state index contributed by atoms with van der Waals surface area (Å²) in [6.45, 7) is -2.42. The van der Waals surface area contributed by atoms with Gasteiger partial charge < -0.3 is 10.1 Å². The lowest BCUT2D eigenvalue weighted by molar-refractivity contribution is -0.140. The number of ether oxygens (including phenoxy) is 1. The normalized spacial score (nSPS) is 11.3. The summed E-state index contributed by atoms with van der Waals surface area (Å²) in [5.41, 5.74) is -0.760. The molecule has 122 valence electrons. The molecule has 0 aliphatic carbocycles. The minimum absolute atomic E-state index is 0.191. The maximum atomic E-state index is 11.9. The van der Waals surface area contributed by atoms with Gasteiger partial charge in [-0.05, 0) is 6.07 Å². The Kier molecular flexibility index (Phi) is 4.63. The second-order valence-corrected chi connectivity index (χ2v) is 4.41. The summed E-state index contributed by atoms with van der Waals surface area (Å²) in [7, 11) is 0. The molecule has 2 N–H and O–H groups in total. The average molecular weight is 329 g/mol. The smallest absolute Gasteiger partial charge is 0.405 e. The molecule has 23 heavy (non-hydrogen) atoms. The molecule has 0 aliphatic heterocycles. The zero-order valence-electron chi connectivity index (χ0n) is 11.4. The van der Waals surface area contributed by atoms with Gasteiger partial charge in [-0.15, -0.1) is 0 Å². The molecular formula is C13H10F3N3O4. The third-order valence-electron chi connectivity index (χ3n) is 2.71. The Bertz CT molecular complexity index is 801. The zero-order valence-corrected chi connectivity index (χ0v) is 11.4. The highest BCUT2D eigenvalue weighted by Crippen LogP contribution is 2.13. The van der Waals surface area contributed by atoms with E-state index in [9.17, 15) is 27.6 Å². The number of hydrogen-bond acceptors (Lipinski definition) is 5. The topological polar surface area (TPSA) is 101 Å². The van der Waals surface area contributed by atoms with E-state index in [4.69, 9.17) is 0 Å². The van der Waals surface area contributed by atoms with Crippen molar-refractivity contribution in [1.82, 2.24) is 15.5 Å². The molecule has 1 aromatic heterocycles. The summed E-state index contributed by atoms with van der Waals surface area (Å²) in [6, 6.07) is 6.06. The van der Waals surface area contributed by atoms with Crippen molar-refractivity contribution in [3.05, 3.63) is 40.3 Å². The van der Waals surface area contributed by atoms with Crippen molar-refractivity contribution in [1.29, 1.82) is 0 Å². The number of hydrogen-bond donors (Lipinski definition) is 2. The number of rotatable bonds is 4. The van der Waals surface area contributed by atoms with Gasteiger partial charge in [0.15, 0.2) is 12.3 Å². The van der Waals surface area contributed by atoms with Crippen LogP contribution in [-0.2, 0) is 9.53 Å². The molecule has 0 radical (unpaired) electrons. The number of nitrogens with one attached hydrogen (secondary N) is 2. The van der Waals surface area contributed by atoms with Crippen LogP contribution in [0.1, 0.15) is 10.5 Å². The lowest BCUT2D eigenvalue weighted by Gasteiger charge is -2.09. The second kappa shape index (κ2) is 6.46. The van der Waals surface area contributed by atoms with Gasteiger partial charge in [0.05, 0.1) is 5.39 Å². The van der Waals surface area contributed by atoms with Crippen LogP contribution >= 0.6 is 0 Å². The second-order valence-electron chi connectivity index (χ2n) is 4.41. The van der Waals surface area contributed by atoms with E-state index in [2.05, 4.69) is 14.9 Å². The Labute approximate surface area is 126 Å². The number of benzene rings is 1. The Balaban J connectivity index is 2.06. The first-order chi connectivity index (χ1) is 10.8. The van der Waals surface area contributed by atoms with E-state index in [1.165, 1.54) is 12.1 Å². The number of aromatic amines is 1. The SMILES string of the molecule is O=C(COC(=O)c1n[nH]c(=O)c2ccccc12)NCC(F)(F)F. The van der Waals surface area contributed by atoms with Crippen LogP contribution in [0.25, 0.3) is 10.8 Å². The molecule has 0 saturated heterocycles. The molecular weight excluding hydrogens is 319 g/mol. The quantitative estimate of drug-likeness (QED) is 0.807. The van der Waals surface area contributed by atoms with Crippen LogP contribution in [0.4, 0.5) is 13.2 Å². The molecule has 0 fully saturated rings. The van der Waals surface area contributed by atoms with Gasteiger partial charge in [0.25, 0.3) is 11.5 Å². The number of nitrogens with zero attached hydrogens (tertiary/aromatic N) is 1. The van der Waals surface area contributed by atoms with Gasteiger partial charge in [-0.25, -0.2) is 9.89 Å². The molecule has 0 saturated carbocycles. The van der Waals surface area contributed by atoms with Crippen LogP contribution in [0.2, 0.25) is 0 Å². The van der Waals surface area contributed by atoms with E-state index in [1.54, 1.807) is 17.4 Å². The fraction of sp³-hybridized carbons (Fsp3) is 0.231. The highest BCUT2D eigenvalue weighted by molar-refractivity contribution is 6.02. The van der Waals surface area contributed by atoms with E-state index >= 15 is 0 Å². The van der Waals surface area contributed by atoms with Crippen molar-refractivity contribution in [2.45, 2.75) is 6.18 Å². The van der Waals surface area contributed by atoms with Crippen LogP contribution in [0.3, 0.4) is 0 Å². The van der Waals surface area contributed by atoms with Gasteiger partial charge in [-0.3, -0.25) is 9.59 Å². The van der Waals surface area contributed by atoms with Gasteiger partial charge in [0.2, 0.25) is 0 Å². The number of H-pyrrole nitrogens is 1. The third kappa shape index (κ3) is 4.28. The van der Waals surface area contributed by atoms with E-state index in [0.29, 0.717) is 0 Å². The maximum absolute atomic E-state index is 11.9. The number of amides is 1. The summed E-state index contributed by atoms with van der Waals surface area (Å²) >= 11 is 0. The number of carbonyl (C=O) groups is 2. The molecule has 1 heterocycles. The van der Waals surface area contributed by atoms with E-state index in [1.807, 2.05) is 0 Å². The van der Waals surface area contributed by atoms with Gasteiger partial charge in [-0.1, -0.05) is 18.2 Å². The molecule has 2 rings (SSSR count). The van der Waals surface area contributed by atoms with Crippen molar-refractivity contribution >= 4 is 22.6 Å². The standard InChI is InChI=1S/C13H10F3N3O4/c14-13(15,16)6-17-9(20)5-23-12(22)10-7-3-1-2-4-8(7)11(21)19-18-10/h1-4H,5-6H2,(H,17,20)(H,19,21). The Morgan fingerprint density at radius 3 is 2.52 bits per heavy atom. The highest BCUT2D eigenvalue weighted by Gasteiger charge is 2.28. The molecule has 0 aliphatic rings. The lowest BCUT2D eigenvalue weighted by atomic mass is 10.1. The van der Waals surface area contributed by atoms with E-state index in [0.717, 1.165) is 0 Å². The summed E-state index contributed by atoms with van der Waals surface area (Å²) in [6.07, 6.45) is -4.56. The zero-order chi connectivity index (χ0) is 17.0. The van der Waals surface area contributed by atoms with E-state index in [-0.39, 0.29) is 16.5 Å². The molecule has 0 atom stereocenters. The Morgan fingerprint density at radius 1 is 1.22 bits per heavy atom. The maximum Gasteiger partial charge on any atom is 0.405 e. The first-order valence-corrected chi connectivity index (χ1v) is 6.26. The summed E-state index contributed by atoms with van der Waals surface area (Å²) in [4.78, 5) is 34.6. The number of aromatic nitrogens is 2. The molecule has 7 nitrogen and oxygen atoms in total. The first kappa shape index (κ1) is 16.5. The molecule has 1 amide bonds. The Hall–Kier alpha value is -2.91. The first-order valence-electron chi connectivity index (χ1n) is 6.26. The summed E-state index contributed by atoms with van der Waals surface area (Å²) in [5, 5.41) is 7.60. The minimum Gasteiger partial charge on any atom is -0.451 e. The molecule has 0 unspecified atom stereocenters. The predicted octanol–water partition coefficient (Wildman–Crippen LogP) is 0.758. The van der Waals surface area contributed by atoms with Crippen molar-refractivity contribution < 1.29 is 27.5 Å². The van der Waals surface area contributed by atoms with Gasteiger partial charge in [-0.2, -0.15) is 18.3 Å². The van der Waals surface area contributed by atoms with Crippen LogP contribution in [-0.4, -0.2) is 41.4 Å². The molecule has 1 aromatic carbocycles. The fourth-order valence-corrected chi connectivity index (χ4v) is 1.72. The third-order valence-corrected chi connectivity index (χ3v) is 2.71. The summed E-state index contributed by atoms with van der Waals surface area (Å²) in [5.74, 6) is -2.15. The molecule has 0 bridgehead atoms. The Morgan fingerprint density at radius 2 is 1.87 bits per heavy atom. The average Bonchev–Trinajstić information content (AvgIpc) is 2.50. The highest BCUT2D eigenvalue weighted by atomic mass is 19.4. The molecule has 2 aromatic rings. The van der Waals surface area contributed by atoms with Gasteiger partial charge in [0.1, 0.15) is 6.54 Å². The number of halogens is 3. The number of carbonyl (C=O) groups excluding carboxylic acids is 2. The number of alkyl halides is 3. The van der Waals surface area contributed by atoms with Crippen molar-refractivity contribution in [3.63, 3.8) is 0 Å². The van der Waals surface area contributed by atoms with Crippen molar-refractivity contribution in [2.24, 2.45) is 0 Å². The van der Waals surface area contributed by atoms with Crippen LogP contribution in [0.15, 0.2) is 29.1 Å². The van der Waals surface area contributed by atoms with Gasteiger partial charge in [0, 0.05) is 5.39 Å². The van der Waals surface area contributed by atoms with Crippen LogP contribution < -0.4 is 10.9 Å². The van der Waals surface area contributed by atoms with Crippen LogP contribution in [0.5, 0.6) is 0 Å². The lowest BCUT2D eigenvalue weighted by Crippen LogP contribution is -2.36. The fourth-order valence-electron chi connectivity index (χ4n) is 1.72. The van der Waals surface area contributed by atoms with Crippen molar-refractivity contribution in [3.8, 4) is 0 Å². The summed E-state index contributed by atoms with van der Waals surface area (Å²) < 4.78 is 40.4. The molecule has 0 spiro atoms. The number of fused-ring (bicyclic) bond motifs is 1. The molecule has 10 heteroatoms. The monoisotopic (exact) mass is 329 g/mol. The predicted molar refractivity (Wildman–Crippen MR) is 71.7 cm³/mol.